The lowest BCUT2D eigenvalue weighted by Crippen LogP contribution is -2.14. The van der Waals surface area contributed by atoms with Crippen LogP contribution in [0.1, 0.15) is 0 Å². The zero-order chi connectivity index (χ0) is 16.5. The van der Waals surface area contributed by atoms with E-state index in [2.05, 4.69) is 31.0 Å². The minimum atomic E-state index is -2.96. The molecular formula is C9H18N9P3. The van der Waals surface area contributed by atoms with Gasteiger partial charge in [0.2, 0.25) is 22.1 Å². The third kappa shape index (κ3) is 2.85. The number of nitriles is 3. The van der Waals surface area contributed by atoms with E-state index in [1.165, 1.54) is 0 Å². The molecule has 0 aromatic carbocycles. The van der Waals surface area contributed by atoms with Crippen molar-refractivity contribution in [1.82, 2.24) is 14.0 Å². The Labute approximate surface area is 125 Å². The van der Waals surface area contributed by atoms with E-state index in [9.17, 15) is 15.8 Å². The maximum absolute atomic E-state index is 9.64. The Hall–Kier alpha value is -0.960. The molecule has 114 valence electrons. The summed E-state index contributed by atoms with van der Waals surface area (Å²) in [4.78, 5) is 0. The molecule has 0 spiro atoms. The Kier molecular flexibility index (Phi) is 5.20. The molecule has 0 aromatic heterocycles. The first-order valence-corrected chi connectivity index (χ1v) is 10.8. The van der Waals surface area contributed by atoms with Crippen molar-refractivity contribution in [3.63, 3.8) is 0 Å². The molecule has 0 atom stereocenters. The van der Waals surface area contributed by atoms with Crippen molar-refractivity contribution in [2.75, 3.05) is 42.3 Å². The van der Waals surface area contributed by atoms with Crippen LogP contribution in [0.3, 0.4) is 0 Å². The summed E-state index contributed by atoms with van der Waals surface area (Å²) in [5, 5.41) is 28.9. The number of hydrogen-bond donors (Lipinski definition) is 0. The van der Waals surface area contributed by atoms with Gasteiger partial charge in [-0.2, -0.15) is 29.3 Å². The summed E-state index contributed by atoms with van der Waals surface area (Å²) >= 11 is 0. The molecule has 0 aliphatic carbocycles. The average Bonchev–Trinajstić information content (AvgIpc) is 2.45. The fourth-order valence-corrected chi connectivity index (χ4v) is 12.3. The zero-order valence-electron chi connectivity index (χ0n) is 12.9. The molecule has 0 bridgehead atoms. The molecule has 0 unspecified atom stereocenters. The highest BCUT2D eigenvalue weighted by atomic mass is 31.3. The Morgan fingerprint density at radius 1 is 0.571 bits per heavy atom. The van der Waals surface area contributed by atoms with E-state index in [1.807, 2.05) is 0 Å². The predicted molar refractivity (Wildman–Crippen MR) is 85.9 cm³/mol. The van der Waals surface area contributed by atoms with Gasteiger partial charge in [-0.1, -0.05) is 0 Å². The average molecular weight is 345 g/mol. The molecule has 1 heterocycles. The quantitative estimate of drug-likeness (QED) is 0.725. The molecule has 0 amide bonds. The summed E-state index contributed by atoms with van der Waals surface area (Å²) in [6, 6.07) is 0. The first-order valence-electron chi connectivity index (χ1n) is 5.82. The monoisotopic (exact) mass is 345 g/mol. The molecule has 9 nitrogen and oxygen atoms in total. The Morgan fingerprint density at radius 2 is 0.762 bits per heavy atom. The molecule has 1 aliphatic heterocycles. The van der Waals surface area contributed by atoms with Crippen molar-refractivity contribution in [1.29, 1.82) is 15.8 Å². The van der Waals surface area contributed by atoms with Gasteiger partial charge >= 0.3 is 0 Å². The first kappa shape index (κ1) is 18.1. The normalized spacial score (nSPS) is 35.1. The highest BCUT2D eigenvalue weighted by molar-refractivity contribution is 7.89. The van der Waals surface area contributed by atoms with Crippen molar-refractivity contribution in [2.45, 2.75) is 0 Å². The Bertz CT molecular complexity index is 609. The Balaban J connectivity index is 4.08. The molecule has 1 aliphatic rings. The van der Waals surface area contributed by atoms with Crippen molar-refractivity contribution in [3.8, 4) is 17.4 Å². The molecular weight excluding hydrogens is 327 g/mol. The van der Waals surface area contributed by atoms with E-state index in [1.54, 1.807) is 56.3 Å². The van der Waals surface area contributed by atoms with Crippen LogP contribution >= 0.6 is 22.1 Å². The van der Waals surface area contributed by atoms with Gasteiger partial charge in [-0.05, 0) is 42.3 Å². The van der Waals surface area contributed by atoms with Crippen molar-refractivity contribution < 1.29 is 0 Å². The molecule has 0 radical (unpaired) electrons. The van der Waals surface area contributed by atoms with Gasteiger partial charge in [0.05, 0.1) is 0 Å². The van der Waals surface area contributed by atoms with Gasteiger partial charge in [0.1, 0.15) is 17.4 Å². The van der Waals surface area contributed by atoms with Gasteiger partial charge < -0.3 is 0 Å². The van der Waals surface area contributed by atoms with Gasteiger partial charge in [0, 0.05) is 0 Å². The van der Waals surface area contributed by atoms with E-state index in [4.69, 9.17) is 0 Å². The lowest BCUT2D eigenvalue weighted by molar-refractivity contribution is 0.654. The topological polar surface area (TPSA) is 118 Å². The van der Waals surface area contributed by atoms with Gasteiger partial charge in [-0.15, -0.1) is 0 Å². The lowest BCUT2D eigenvalue weighted by atomic mass is 11.3. The second-order valence-corrected chi connectivity index (χ2v) is 13.4. The van der Waals surface area contributed by atoms with Crippen molar-refractivity contribution in [2.24, 2.45) is 13.5 Å². The first-order chi connectivity index (χ1) is 9.63. The van der Waals surface area contributed by atoms with Gasteiger partial charge in [-0.3, -0.25) is 0 Å². The van der Waals surface area contributed by atoms with Crippen LogP contribution in [0.15, 0.2) is 13.5 Å². The van der Waals surface area contributed by atoms with Crippen LogP contribution in [0.25, 0.3) is 0 Å². The van der Waals surface area contributed by atoms with Gasteiger partial charge in [0.15, 0.2) is 0 Å². The smallest absolute Gasteiger partial charge is 0.247 e. The molecule has 0 saturated heterocycles. The maximum Gasteiger partial charge on any atom is 0.248 e. The fourth-order valence-electron chi connectivity index (χ4n) is 1.44. The number of nitrogens with zero attached hydrogens (tertiary/aromatic N) is 9. The molecule has 1 rings (SSSR count). The SMILES string of the molecule is CN(C)P1(C#N)=NP(C#N)(N(C)C)=NP(C#N)(N(C)C)=N1. The molecule has 21 heavy (non-hydrogen) atoms. The van der Waals surface area contributed by atoms with Crippen LogP contribution < -0.4 is 0 Å². The summed E-state index contributed by atoms with van der Waals surface area (Å²) in [5.41, 5.74) is 0. The van der Waals surface area contributed by atoms with Crippen LogP contribution in [-0.2, 0) is 0 Å². The van der Waals surface area contributed by atoms with Crippen LogP contribution in [0.5, 0.6) is 0 Å². The largest absolute Gasteiger partial charge is 0.248 e. The van der Waals surface area contributed by atoms with Crippen molar-refractivity contribution in [3.05, 3.63) is 0 Å². The molecule has 0 fully saturated rings. The highest BCUT2D eigenvalue weighted by Crippen LogP contribution is 2.79. The molecule has 0 saturated carbocycles. The van der Waals surface area contributed by atoms with Crippen molar-refractivity contribution >= 4 is 22.1 Å². The summed E-state index contributed by atoms with van der Waals surface area (Å²) in [6.45, 7) is 0. The summed E-state index contributed by atoms with van der Waals surface area (Å²) in [5.74, 6) is 6.45. The third-order valence-corrected chi connectivity index (χ3v) is 13.0. The minimum Gasteiger partial charge on any atom is -0.247 e. The van der Waals surface area contributed by atoms with E-state index in [0.29, 0.717) is 0 Å². The predicted octanol–water partition coefficient (Wildman–Crippen LogP) is 3.22. The maximum atomic E-state index is 9.64. The minimum absolute atomic E-state index is 1.62. The highest BCUT2D eigenvalue weighted by Gasteiger charge is 2.41. The molecule has 0 aromatic rings. The number of rotatable bonds is 3. The second-order valence-electron chi connectivity index (χ2n) is 4.81. The van der Waals surface area contributed by atoms with E-state index in [-0.39, 0.29) is 0 Å². The van der Waals surface area contributed by atoms with E-state index >= 15 is 0 Å². The van der Waals surface area contributed by atoms with Gasteiger partial charge in [0.25, 0.3) is 0 Å². The van der Waals surface area contributed by atoms with Crippen LogP contribution in [-0.4, -0.2) is 56.3 Å². The molecule has 12 heteroatoms. The summed E-state index contributed by atoms with van der Waals surface area (Å²) < 4.78 is 18.3. The van der Waals surface area contributed by atoms with Crippen LogP contribution in [0.4, 0.5) is 0 Å². The molecule has 0 N–H and O–H groups in total. The second kappa shape index (κ2) is 6.04. The van der Waals surface area contributed by atoms with Crippen LogP contribution in [0, 0.1) is 33.2 Å². The zero-order valence-corrected chi connectivity index (χ0v) is 15.5. The Morgan fingerprint density at radius 3 is 0.857 bits per heavy atom. The van der Waals surface area contributed by atoms with Gasteiger partial charge in [-0.25, -0.2) is 14.0 Å². The lowest BCUT2D eigenvalue weighted by Gasteiger charge is -2.34. The number of hydrogen-bond acceptors (Lipinski definition) is 9. The van der Waals surface area contributed by atoms with E-state index in [0.717, 1.165) is 0 Å². The summed E-state index contributed by atoms with van der Waals surface area (Å²) in [6.07, 6.45) is 0. The standard InChI is InChI=1S/C9H18N9P3/c1-16(2)19(7-10)13-20(8-11,17(3)4)15-21(9-12,14-19)18(5)6/h1-6H3. The van der Waals surface area contributed by atoms with Crippen LogP contribution in [0.2, 0.25) is 0 Å². The third-order valence-electron chi connectivity index (χ3n) is 2.82. The fraction of sp³-hybridized carbons (Fsp3) is 0.667. The van der Waals surface area contributed by atoms with E-state index < -0.39 is 22.1 Å². The summed E-state index contributed by atoms with van der Waals surface area (Å²) in [7, 11) is 1.27.